The third-order valence-electron chi connectivity index (χ3n) is 9.36. The summed E-state index contributed by atoms with van der Waals surface area (Å²) in [4.78, 5) is 36.9. The van der Waals surface area contributed by atoms with E-state index in [4.69, 9.17) is 14.2 Å². The average molecular weight is 785 g/mol. The monoisotopic (exact) mass is 785 g/mol. The Labute approximate surface area is 342 Å². The number of esters is 2. The van der Waals surface area contributed by atoms with Crippen molar-refractivity contribution >= 4 is 17.9 Å². The number of quaternary nitrogens is 1. The van der Waals surface area contributed by atoms with Crippen molar-refractivity contribution in [3.8, 4) is 0 Å². The van der Waals surface area contributed by atoms with E-state index < -0.39 is 18.1 Å². The van der Waals surface area contributed by atoms with E-state index in [0.29, 0.717) is 12.8 Å². The minimum absolute atomic E-state index is 0.0402. The first kappa shape index (κ1) is 52.8. The lowest BCUT2D eigenvalue weighted by atomic mass is 10.1. The zero-order chi connectivity index (χ0) is 41.4. The number of carbonyl (C=O) groups is 3. The van der Waals surface area contributed by atoms with Gasteiger partial charge in [0, 0.05) is 19.3 Å². The van der Waals surface area contributed by atoms with E-state index in [0.717, 1.165) is 89.9 Å². The topological polar surface area (TPSA) is 99.1 Å². The number of unbranched alkanes of at least 4 members (excludes halogenated alkanes) is 13. The molecule has 0 saturated carbocycles. The zero-order valence-electron chi connectivity index (χ0n) is 36.3. The highest BCUT2D eigenvalue weighted by Gasteiger charge is 2.31. The Morgan fingerprint density at radius 3 is 1.57 bits per heavy atom. The average Bonchev–Trinajstić information content (AvgIpc) is 3.15. The fourth-order valence-corrected chi connectivity index (χ4v) is 5.87. The highest BCUT2D eigenvalue weighted by molar-refractivity contribution is 5.72. The molecule has 0 bridgehead atoms. The third kappa shape index (κ3) is 36.4. The second kappa shape index (κ2) is 38.6. The van der Waals surface area contributed by atoms with Gasteiger partial charge in [-0.25, -0.2) is 4.79 Å². The lowest BCUT2D eigenvalue weighted by molar-refractivity contribution is -0.887. The molecule has 320 valence electrons. The highest BCUT2D eigenvalue weighted by atomic mass is 16.6. The number of likely N-dealkylation sites (N-methyl/N-ethyl adjacent to an activating group) is 1. The molecule has 0 aliphatic rings. The van der Waals surface area contributed by atoms with Crippen molar-refractivity contribution in [2.24, 2.45) is 0 Å². The summed E-state index contributed by atoms with van der Waals surface area (Å²) in [5.74, 6) is -1.54. The molecule has 8 heteroatoms. The van der Waals surface area contributed by atoms with Crippen LogP contribution in [0.25, 0.3) is 0 Å². The van der Waals surface area contributed by atoms with Crippen LogP contribution in [0.4, 0.5) is 0 Å². The maximum atomic E-state index is 12.7. The van der Waals surface area contributed by atoms with Crippen molar-refractivity contribution < 1.29 is 38.2 Å². The van der Waals surface area contributed by atoms with Crippen LogP contribution >= 0.6 is 0 Å². The first-order chi connectivity index (χ1) is 27.1. The van der Waals surface area contributed by atoms with Crippen LogP contribution in [0.1, 0.15) is 162 Å². The molecular formula is C48H82NO7+. The predicted octanol–water partition coefficient (Wildman–Crippen LogP) is 12.0. The first-order valence-corrected chi connectivity index (χ1v) is 22.0. The van der Waals surface area contributed by atoms with E-state index in [2.05, 4.69) is 86.8 Å². The molecule has 0 aromatic carbocycles. The predicted molar refractivity (Wildman–Crippen MR) is 233 cm³/mol. The lowest BCUT2D eigenvalue weighted by Gasteiger charge is -2.31. The number of rotatable bonds is 38. The lowest BCUT2D eigenvalue weighted by Crippen LogP contribution is -2.50. The molecule has 0 aromatic rings. The summed E-state index contributed by atoms with van der Waals surface area (Å²) in [5.41, 5.74) is 0. The molecule has 56 heavy (non-hydrogen) atoms. The van der Waals surface area contributed by atoms with Crippen LogP contribution < -0.4 is 0 Å². The summed E-state index contributed by atoms with van der Waals surface area (Å²) in [6.45, 7) is 4.58. The van der Waals surface area contributed by atoms with Crippen molar-refractivity contribution in [2.45, 2.75) is 174 Å². The summed E-state index contributed by atoms with van der Waals surface area (Å²) in [7, 11) is 5.50. The Kier molecular flexibility index (Phi) is 36.4. The van der Waals surface area contributed by atoms with Crippen molar-refractivity contribution in [1.82, 2.24) is 0 Å². The summed E-state index contributed by atoms with van der Waals surface area (Å²) in [6, 6.07) is -0.625. The summed E-state index contributed by atoms with van der Waals surface area (Å²) < 4.78 is 17.2. The van der Waals surface area contributed by atoms with E-state index in [1.54, 1.807) is 0 Å². The fraction of sp³-hybridized carbons (Fsp3) is 0.688. The minimum atomic E-state index is -0.886. The van der Waals surface area contributed by atoms with Crippen LogP contribution in [0.15, 0.2) is 72.9 Å². The number of carboxylic acid groups (broad SMARTS) is 1. The first-order valence-electron chi connectivity index (χ1n) is 22.0. The van der Waals surface area contributed by atoms with Crippen LogP contribution in [-0.4, -0.2) is 80.6 Å². The second-order valence-corrected chi connectivity index (χ2v) is 15.6. The smallest absolute Gasteiger partial charge is 0.362 e. The van der Waals surface area contributed by atoms with Crippen LogP contribution in [0.3, 0.4) is 0 Å². The van der Waals surface area contributed by atoms with E-state index in [1.807, 2.05) is 21.1 Å². The molecule has 8 nitrogen and oxygen atoms in total. The molecular weight excluding hydrogens is 703 g/mol. The number of carboxylic acids is 1. The number of carbonyl (C=O) groups excluding carboxylic acids is 2. The van der Waals surface area contributed by atoms with Crippen LogP contribution in [0.5, 0.6) is 0 Å². The maximum absolute atomic E-state index is 12.7. The normalized spacial score (nSPS) is 13.7. The Balaban J connectivity index is 4.37. The van der Waals surface area contributed by atoms with Gasteiger partial charge in [-0.1, -0.05) is 138 Å². The van der Waals surface area contributed by atoms with Crippen molar-refractivity contribution in [3.05, 3.63) is 72.9 Å². The molecule has 0 amide bonds. The third-order valence-corrected chi connectivity index (χ3v) is 9.36. The minimum Gasteiger partial charge on any atom is -0.477 e. The largest absolute Gasteiger partial charge is 0.477 e. The quantitative estimate of drug-likeness (QED) is 0.0219. The molecule has 0 fully saturated rings. The molecule has 0 heterocycles. The Morgan fingerprint density at radius 1 is 0.554 bits per heavy atom. The van der Waals surface area contributed by atoms with Gasteiger partial charge in [-0.3, -0.25) is 9.59 Å². The molecule has 2 atom stereocenters. The summed E-state index contributed by atoms with van der Waals surface area (Å²) in [6.07, 6.45) is 48.0. The van der Waals surface area contributed by atoms with Gasteiger partial charge in [0.05, 0.1) is 34.4 Å². The van der Waals surface area contributed by atoms with Crippen molar-refractivity contribution in [2.75, 3.05) is 41.0 Å². The van der Waals surface area contributed by atoms with Gasteiger partial charge in [-0.2, -0.15) is 0 Å². The Bertz CT molecular complexity index is 1140. The van der Waals surface area contributed by atoms with Crippen molar-refractivity contribution in [1.29, 1.82) is 0 Å². The SMILES string of the molecule is CCCC/C=C/C=C/CCCCCC(=O)OC(COCCC(C(=O)O)[N+](C)(C)C)COC(=O)CCCCCCC/C=C/C/C=C/C/C=C/C/C=C/CCCCC. The number of ether oxygens (including phenoxy) is 3. The number of nitrogens with zero attached hydrogens (tertiary/aromatic N) is 1. The number of allylic oxidation sites excluding steroid dienone is 12. The molecule has 0 aliphatic heterocycles. The summed E-state index contributed by atoms with van der Waals surface area (Å²) in [5, 5.41) is 9.60. The van der Waals surface area contributed by atoms with Gasteiger partial charge in [-0.15, -0.1) is 0 Å². The maximum Gasteiger partial charge on any atom is 0.362 e. The van der Waals surface area contributed by atoms with E-state index in [1.165, 1.54) is 38.5 Å². The van der Waals surface area contributed by atoms with Crippen LogP contribution in [0.2, 0.25) is 0 Å². The van der Waals surface area contributed by atoms with Gasteiger partial charge in [0.15, 0.2) is 12.1 Å². The van der Waals surface area contributed by atoms with Gasteiger partial charge in [0.25, 0.3) is 0 Å². The fourth-order valence-electron chi connectivity index (χ4n) is 5.87. The van der Waals surface area contributed by atoms with Crippen LogP contribution in [0, 0.1) is 0 Å². The molecule has 0 saturated heterocycles. The van der Waals surface area contributed by atoms with Gasteiger partial charge >= 0.3 is 17.9 Å². The Hall–Kier alpha value is -3.23. The molecule has 0 aromatic heterocycles. The number of hydrogen-bond donors (Lipinski definition) is 1. The summed E-state index contributed by atoms with van der Waals surface area (Å²) >= 11 is 0. The molecule has 0 aliphatic carbocycles. The van der Waals surface area contributed by atoms with Gasteiger partial charge in [0.2, 0.25) is 0 Å². The van der Waals surface area contributed by atoms with Crippen molar-refractivity contribution in [3.63, 3.8) is 0 Å². The van der Waals surface area contributed by atoms with E-state index in [9.17, 15) is 19.5 Å². The standard InChI is InChI=1S/C48H81NO7/c1-6-8-10-12-14-16-18-19-20-21-22-23-24-25-26-27-29-30-32-34-36-38-46(50)55-43-44(42-54-41-40-45(48(52)53)49(3,4)5)56-47(51)39-37-35-33-31-28-17-15-13-11-9-7-2/h13-17,19-20,22-23,25-26,28,44-45H,6-12,18,21,24,27,29-43H2,1-5H3/p+1/b15-13+,16-14+,20-19+,23-22+,26-25+,28-17+. The molecule has 0 spiro atoms. The highest BCUT2D eigenvalue weighted by Crippen LogP contribution is 2.12. The molecule has 2 unspecified atom stereocenters. The Morgan fingerprint density at radius 2 is 1.02 bits per heavy atom. The zero-order valence-corrected chi connectivity index (χ0v) is 36.3. The number of aliphatic carboxylic acids is 1. The second-order valence-electron chi connectivity index (χ2n) is 15.6. The molecule has 0 rings (SSSR count). The molecule has 0 radical (unpaired) electrons. The van der Waals surface area contributed by atoms with Gasteiger partial charge in [-0.05, 0) is 77.0 Å². The van der Waals surface area contributed by atoms with Gasteiger partial charge < -0.3 is 23.8 Å². The van der Waals surface area contributed by atoms with Crippen LogP contribution in [-0.2, 0) is 28.6 Å². The van der Waals surface area contributed by atoms with E-state index >= 15 is 0 Å². The number of hydrogen-bond acceptors (Lipinski definition) is 6. The van der Waals surface area contributed by atoms with Gasteiger partial charge in [0.1, 0.15) is 6.61 Å². The molecule has 1 N–H and O–H groups in total. The van der Waals surface area contributed by atoms with E-state index in [-0.39, 0.29) is 42.7 Å².